The molecule has 3 aromatic rings. The van der Waals surface area contributed by atoms with Crippen molar-refractivity contribution in [1.82, 2.24) is 9.78 Å². The molecule has 1 aromatic heterocycles. The van der Waals surface area contributed by atoms with Crippen molar-refractivity contribution in [2.45, 2.75) is 13.8 Å². The molecule has 26 heavy (non-hydrogen) atoms. The average molecular weight is 350 g/mol. The molecule has 0 unspecified atom stereocenters. The molecule has 132 valence electrons. The minimum Gasteiger partial charge on any atom is -0.311 e. The Morgan fingerprint density at radius 1 is 1.15 bits per heavy atom. The fraction of sp³-hybridized carbons (Fsp3) is 0.158. The second-order valence-corrected chi connectivity index (χ2v) is 6.10. The van der Waals surface area contributed by atoms with Crippen molar-refractivity contribution in [3.63, 3.8) is 0 Å². The summed E-state index contributed by atoms with van der Waals surface area (Å²) in [5.41, 5.74) is 4.02. The lowest BCUT2D eigenvalue weighted by Gasteiger charge is -2.19. The molecule has 0 aliphatic carbocycles. The summed E-state index contributed by atoms with van der Waals surface area (Å²) < 4.78 is 1.52. The number of nitro benzene ring substituents is 1. The van der Waals surface area contributed by atoms with Crippen LogP contribution in [0.4, 0.5) is 11.4 Å². The van der Waals surface area contributed by atoms with Crippen LogP contribution >= 0.6 is 0 Å². The summed E-state index contributed by atoms with van der Waals surface area (Å²) in [7, 11) is 1.73. The number of hydrogen-bond donors (Lipinski definition) is 0. The molecule has 3 rings (SSSR count). The van der Waals surface area contributed by atoms with Gasteiger partial charge in [0.1, 0.15) is 0 Å². The topological polar surface area (TPSA) is 81.3 Å². The van der Waals surface area contributed by atoms with Crippen molar-refractivity contribution in [3.8, 4) is 5.69 Å². The maximum absolute atomic E-state index is 12.8. The molecule has 0 saturated carbocycles. The summed E-state index contributed by atoms with van der Waals surface area (Å²) >= 11 is 0. The molecule has 0 spiro atoms. The Morgan fingerprint density at radius 3 is 2.50 bits per heavy atom. The molecule has 0 saturated heterocycles. The Balaban J connectivity index is 1.85. The maximum Gasteiger partial charge on any atom is 0.269 e. The van der Waals surface area contributed by atoms with E-state index >= 15 is 0 Å². The van der Waals surface area contributed by atoms with E-state index in [1.807, 2.05) is 32.0 Å². The molecule has 0 fully saturated rings. The number of aromatic nitrogens is 2. The van der Waals surface area contributed by atoms with Gasteiger partial charge in [0.2, 0.25) is 0 Å². The number of amides is 1. The number of nitrogens with zero attached hydrogens (tertiary/aromatic N) is 4. The summed E-state index contributed by atoms with van der Waals surface area (Å²) in [4.78, 5) is 24.7. The van der Waals surface area contributed by atoms with Crippen molar-refractivity contribution < 1.29 is 9.72 Å². The fourth-order valence-electron chi connectivity index (χ4n) is 2.69. The number of aryl methyl sites for hydroxylation is 2. The molecule has 1 heterocycles. The standard InChI is InChI=1S/C19H18N4O3/c1-13-4-5-14(2)18(10-13)21(3)19(24)15-11-20-22(12-15)16-6-8-17(9-7-16)23(25)26/h4-12H,1-3H3. The van der Waals surface area contributed by atoms with E-state index in [9.17, 15) is 14.9 Å². The van der Waals surface area contributed by atoms with E-state index in [1.165, 1.54) is 23.0 Å². The lowest BCUT2D eigenvalue weighted by Crippen LogP contribution is -2.26. The third-order valence-electron chi connectivity index (χ3n) is 4.19. The SMILES string of the molecule is Cc1ccc(C)c(N(C)C(=O)c2cnn(-c3ccc([N+](=O)[O-])cc3)c2)c1. The van der Waals surface area contributed by atoms with E-state index in [-0.39, 0.29) is 11.6 Å². The Morgan fingerprint density at radius 2 is 1.85 bits per heavy atom. The molecular weight excluding hydrogens is 332 g/mol. The van der Waals surface area contributed by atoms with Crippen LogP contribution in [-0.2, 0) is 0 Å². The second kappa shape index (κ2) is 6.79. The first-order valence-electron chi connectivity index (χ1n) is 8.01. The highest BCUT2D eigenvalue weighted by Gasteiger charge is 2.17. The van der Waals surface area contributed by atoms with Crippen molar-refractivity contribution >= 4 is 17.3 Å². The van der Waals surface area contributed by atoms with Gasteiger partial charge >= 0.3 is 0 Å². The van der Waals surface area contributed by atoms with Gasteiger partial charge in [-0.1, -0.05) is 12.1 Å². The maximum atomic E-state index is 12.8. The predicted octanol–water partition coefficient (Wildman–Crippen LogP) is 3.67. The molecule has 7 heteroatoms. The first-order chi connectivity index (χ1) is 12.4. The van der Waals surface area contributed by atoms with Crippen LogP contribution in [0, 0.1) is 24.0 Å². The zero-order chi connectivity index (χ0) is 18.8. The molecule has 0 N–H and O–H groups in total. The lowest BCUT2D eigenvalue weighted by atomic mass is 10.1. The predicted molar refractivity (Wildman–Crippen MR) is 98.9 cm³/mol. The zero-order valence-corrected chi connectivity index (χ0v) is 14.7. The van der Waals surface area contributed by atoms with Crippen LogP contribution in [-0.4, -0.2) is 27.7 Å². The first-order valence-corrected chi connectivity index (χ1v) is 8.01. The van der Waals surface area contributed by atoms with Gasteiger partial charge in [-0.3, -0.25) is 14.9 Å². The van der Waals surface area contributed by atoms with Gasteiger partial charge in [0, 0.05) is 31.1 Å². The van der Waals surface area contributed by atoms with Gasteiger partial charge in [0.15, 0.2) is 0 Å². The minimum atomic E-state index is -0.457. The third-order valence-corrected chi connectivity index (χ3v) is 4.19. The van der Waals surface area contributed by atoms with Crippen LogP contribution in [0.2, 0.25) is 0 Å². The molecule has 2 aromatic carbocycles. The Kier molecular flexibility index (Phi) is 4.53. The number of benzene rings is 2. The van der Waals surface area contributed by atoms with Gasteiger partial charge in [-0.2, -0.15) is 5.10 Å². The van der Waals surface area contributed by atoms with Crippen molar-refractivity contribution in [3.05, 3.63) is 81.7 Å². The third kappa shape index (κ3) is 3.32. The average Bonchev–Trinajstić information content (AvgIpc) is 3.12. The smallest absolute Gasteiger partial charge is 0.269 e. The van der Waals surface area contributed by atoms with E-state index < -0.39 is 4.92 Å². The molecule has 0 bridgehead atoms. The highest BCUT2D eigenvalue weighted by Crippen LogP contribution is 2.22. The quantitative estimate of drug-likeness (QED) is 0.531. The van der Waals surface area contributed by atoms with Crippen LogP contribution in [0.5, 0.6) is 0 Å². The number of hydrogen-bond acceptors (Lipinski definition) is 4. The number of carbonyl (C=O) groups is 1. The van der Waals surface area contributed by atoms with Crippen LogP contribution < -0.4 is 4.90 Å². The minimum absolute atomic E-state index is 0.00635. The fourth-order valence-corrected chi connectivity index (χ4v) is 2.69. The monoisotopic (exact) mass is 350 g/mol. The highest BCUT2D eigenvalue weighted by molar-refractivity contribution is 6.05. The van der Waals surface area contributed by atoms with E-state index in [1.54, 1.807) is 30.3 Å². The van der Waals surface area contributed by atoms with Crippen molar-refractivity contribution in [2.24, 2.45) is 0 Å². The Hall–Kier alpha value is -3.48. The van der Waals surface area contributed by atoms with E-state index in [4.69, 9.17) is 0 Å². The van der Waals surface area contributed by atoms with E-state index in [2.05, 4.69) is 5.10 Å². The molecule has 0 aliphatic heterocycles. The molecule has 0 radical (unpaired) electrons. The summed E-state index contributed by atoms with van der Waals surface area (Å²) in [6, 6.07) is 11.9. The van der Waals surface area contributed by atoms with Gasteiger partial charge in [-0.25, -0.2) is 4.68 Å². The lowest BCUT2D eigenvalue weighted by molar-refractivity contribution is -0.384. The highest BCUT2D eigenvalue weighted by atomic mass is 16.6. The molecule has 0 aliphatic rings. The Bertz CT molecular complexity index is 977. The number of anilines is 1. The normalized spacial score (nSPS) is 10.6. The summed E-state index contributed by atoms with van der Waals surface area (Å²) in [6.45, 7) is 3.94. The second-order valence-electron chi connectivity index (χ2n) is 6.10. The van der Waals surface area contributed by atoms with Crippen LogP contribution in [0.25, 0.3) is 5.69 Å². The van der Waals surface area contributed by atoms with Crippen LogP contribution in [0.3, 0.4) is 0 Å². The molecule has 1 amide bonds. The Labute approximate surface area is 150 Å². The zero-order valence-electron chi connectivity index (χ0n) is 14.7. The van der Waals surface area contributed by atoms with E-state index in [0.29, 0.717) is 11.3 Å². The number of nitro groups is 1. The summed E-state index contributed by atoms with van der Waals surface area (Å²) in [6.07, 6.45) is 3.11. The number of rotatable bonds is 4. The van der Waals surface area contributed by atoms with Crippen LogP contribution in [0.1, 0.15) is 21.5 Å². The van der Waals surface area contributed by atoms with Gasteiger partial charge in [-0.05, 0) is 43.2 Å². The molecule has 0 atom stereocenters. The summed E-state index contributed by atoms with van der Waals surface area (Å²) in [5, 5.41) is 14.9. The molecule has 7 nitrogen and oxygen atoms in total. The van der Waals surface area contributed by atoms with Gasteiger partial charge in [0.05, 0.1) is 22.4 Å². The first kappa shape index (κ1) is 17.3. The summed E-state index contributed by atoms with van der Waals surface area (Å²) in [5.74, 6) is -0.174. The van der Waals surface area contributed by atoms with Crippen molar-refractivity contribution in [2.75, 3.05) is 11.9 Å². The van der Waals surface area contributed by atoms with Gasteiger partial charge in [-0.15, -0.1) is 0 Å². The number of carbonyl (C=O) groups excluding carboxylic acids is 1. The number of non-ortho nitro benzene ring substituents is 1. The van der Waals surface area contributed by atoms with Gasteiger partial charge in [0.25, 0.3) is 11.6 Å². The van der Waals surface area contributed by atoms with Crippen molar-refractivity contribution in [1.29, 1.82) is 0 Å². The van der Waals surface area contributed by atoms with Crippen LogP contribution in [0.15, 0.2) is 54.9 Å². The largest absolute Gasteiger partial charge is 0.311 e. The van der Waals surface area contributed by atoms with E-state index in [0.717, 1.165) is 16.8 Å². The molecular formula is C19H18N4O3. The van der Waals surface area contributed by atoms with Gasteiger partial charge < -0.3 is 4.90 Å².